The molecule has 1 saturated heterocycles. The van der Waals surface area contributed by atoms with Gasteiger partial charge in [-0.1, -0.05) is 28.9 Å². The molecule has 2 unspecified atom stereocenters. The first-order valence-corrected chi connectivity index (χ1v) is 8.68. The van der Waals surface area contributed by atoms with Crippen LogP contribution in [0.1, 0.15) is 30.9 Å². The Morgan fingerprint density at radius 1 is 1.32 bits per heavy atom. The lowest BCUT2D eigenvalue weighted by Gasteiger charge is -2.44. The summed E-state index contributed by atoms with van der Waals surface area (Å²) in [4.78, 5) is 4.81. The first-order valence-electron chi connectivity index (χ1n) is 7.88. The maximum absolute atomic E-state index is 5.91. The molecule has 4 nitrogen and oxygen atoms in total. The molecule has 1 aliphatic carbocycles. The van der Waals surface area contributed by atoms with Crippen molar-refractivity contribution in [3.63, 3.8) is 0 Å². The summed E-state index contributed by atoms with van der Waals surface area (Å²) >= 11 is 3.60. The maximum atomic E-state index is 5.91. The summed E-state index contributed by atoms with van der Waals surface area (Å²) in [6, 6.07) is 6.86. The summed E-state index contributed by atoms with van der Waals surface area (Å²) in [5.41, 5.74) is 8.45. The molecule has 1 spiro atoms. The van der Waals surface area contributed by atoms with Gasteiger partial charge >= 0.3 is 0 Å². The zero-order chi connectivity index (χ0) is 15.4. The Morgan fingerprint density at radius 2 is 2.09 bits per heavy atom. The predicted molar refractivity (Wildman–Crippen MR) is 88.7 cm³/mol. The van der Waals surface area contributed by atoms with Gasteiger partial charge in [-0.2, -0.15) is 0 Å². The van der Waals surface area contributed by atoms with Crippen LogP contribution in [-0.4, -0.2) is 25.8 Å². The summed E-state index contributed by atoms with van der Waals surface area (Å²) < 4.78 is 12.3. The van der Waals surface area contributed by atoms with E-state index in [1.807, 2.05) is 0 Å². The normalized spacial score (nSPS) is 32.6. The van der Waals surface area contributed by atoms with Crippen molar-refractivity contribution < 1.29 is 9.47 Å². The molecule has 118 valence electrons. The van der Waals surface area contributed by atoms with Crippen LogP contribution in [0.15, 0.2) is 27.7 Å². The minimum absolute atomic E-state index is 0.210. The van der Waals surface area contributed by atoms with Crippen LogP contribution in [0.25, 0.3) is 0 Å². The van der Waals surface area contributed by atoms with Crippen molar-refractivity contribution in [3.8, 4) is 0 Å². The van der Waals surface area contributed by atoms with Crippen LogP contribution in [0, 0.1) is 11.3 Å². The molecule has 2 N–H and O–H groups in total. The summed E-state index contributed by atoms with van der Waals surface area (Å²) in [5.74, 6) is 0.411. The van der Waals surface area contributed by atoms with Crippen LogP contribution in [-0.2, 0) is 21.4 Å². The van der Waals surface area contributed by atoms with E-state index in [4.69, 9.17) is 20.2 Å². The first kappa shape index (κ1) is 14.5. The summed E-state index contributed by atoms with van der Waals surface area (Å²) in [5, 5.41) is 0. The van der Waals surface area contributed by atoms with E-state index in [1.165, 1.54) is 11.1 Å². The van der Waals surface area contributed by atoms with Crippen molar-refractivity contribution in [2.24, 2.45) is 22.1 Å². The van der Waals surface area contributed by atoms with Gasteiger partial charge < -0.3 is 15.2 Å². The first-order chi connectivity index (χ1) is 10.5. The van der Waals surface area contributed by atoms with E-state index in [-0.39, 0.29) is 11.0 Å². The van der Waals surface area contributed by atoms with E-state index in [1.54, 1.807) is 0 Å². The SMILES string of the molecule is CC1(C2Cc3ccc(Br)cc3C23COC(N)=N3)CCOCC1. The third-order valence-electron chi connectivity index (χ3n) is 5.76. The fourth-order valence-corrected chi connectivity index (χ4v) is 4.84. The number of nitrogens with two attached hydrogens (primary N) is 1. The zero-order valence-corrected chi connectivity index (χ0v) is 14.4. The number of hydrogen-bond donors (Lipinski definition) is 1. The Balaban J connectivity index is 1.83. The Hall–Kier alpha value is -1.07. The fourth-order valence-electron chi connectivity index (χ4n) is 4.48. The second kappa shape index (κ2) is 4.96. The van der Waals surface area contributed by atoms with Gasteiger partial charge in [0.25, 0.3) is 6.02 Å². The predicted octanol–water partition coefficient (Wildman–Crippen LogP) is 2.98. The van der Waals surface area contributed by atoms with Crippen molar-refractivity contribution in [3.05, 3.63) is 33.8 Å². The summed E-state index contributed by atoms with van der Waals surface area (Å²) in [7, 11) is 0. The molecule has 2 atom stereocenters. The Bertz CT molecular complexity index is 640. The van der Waals surface area contributed by atoms with E-state index in [0.717, 1.165) is 36.9 Å². The molecule has 2 heterocycles. The van der Waals surface area contributed by atoms with Gasteiger partial charge in [-0.05, 0) is 47.9 Å². The lowest BCUT2D eigenvalue weighted by Crippen LogP contribution is -2.44. The van der Waals surface area contributed by atoms with Crippen molar-refractivity contribution in [1.29, 1.82) is 0 Å². The van der Waals surface area contributed by atoms with Crippen molar-refractivity contribution in [1.82, 2.24) is 0 Å². The molecule has 2 aliphatic heterocycles. The average molecular weight is 365 g/mol. The Labute approximate surface area is 139 Å². The minimum Gasteiger partial charge on any atom is -0.462 e. The van der Waals surface area contributed by atoms with Crippen LogP contribution in [0.5, 0.6) is 0 Å². The molecule has 0 amide bonds. The number of halogens is 1. The van der Waals surface area contributed by atoms with Gasteiger partial charge in [-0.15, -0.1) is 0 Å². The lowest BCUT2D eigenvalue weighted by atomic mass is 9.64. The Morgan fingerprint density at radius 3 is 2.77 bits per heavy atom. The summed E-state index contributed by atoms with van der Waals surface area (Å²) in [6.45, 7) is 4.61. The lowest BCUT2D eigenvalue weighted by molar-refractivity contribution is -0.0301. The third kappa shape index (κ3) is 2.02. The molecule has 1 aromatic rings. The molecular formula is C17H21BrN2O2. The molecule has 22 heavy (non-hydrogen) atoms. The molecule has 4 rings (SSSR count). The van der Waals surface area contributed by atoms with Crippen LogP contribution >= 0.6 is 15.9 Å². The number of aliphatic imine (C=N–C) groups is 1. The highest BCUT2D eigenvalue weighted by Gasteiger charge is 2.57. The monoisotopic (exact) mass is 364 g/mol. The van der Waals surface area contributed by atoms with Gasteiger partial charge in [0.15, 0.2) is 0 Å². The van der Waals surface area contributed by atoms with Gasteiger partial charge in [0, 0.05) is 23.6 Å². The maximum Gasteiger partial charge on any atom is 0.283 e. The number of benzene rings is 1. The summed E-state index contributed by atoms with van der Waals surface area (Å²) in [6.07, 6.45) is 3.19. The number of nitrogens with zero attached hydrogens (tertiary/aromatic N) is 1. The van der Waals surface area contributed by atoms with Crippen LogP contribution in [0.2, 0.25) is 0 Å². The third-order valence-corrected chi connectivity index (χ3v) is 6.26. The van der Waals surface area contributed by atoms with Crippen molar-refractivity contribution in [2.75, 3.05) is 19.8 Å². The minimum atomic E-state index is -0.324. The van der Waals surface area contributed by atoms with E-state index in [9.17, 15) is 0 Å². The molecule has 0 saturated carbocycles. The number of fused-ring (bicyclic) bond motifs is 2. The highest BCUT2D eigenvalue weighted by Crippen LogP contribution is 2.56. The Kier molecular flexibility index (Phi) is 3.28. The number of ether oxygens (including phenoxy) is 2. The van der Waals surface area contributed by atoms with Gasteiger partial charge in [-0.3, -0.25) is 0 Å². The molecule has 0 radical (unpaired) electrons. The van der Waals surface area contributed by atoms with Gasteiger partial charge in [0.1, 0.15) is 12.1 Å². The molecule has 0 bridgehead atoms. The number of rotatable bonds is 1. The highest BCUT2D eigenvalue weighted by atomic mass is 79.9. The topological polar surface area (TPSA) is 56.8 Å². The molecule has 1 fully saturated rings. The number of hydrogen-bond acceptors (Lipinski definition) is 4. The fraction of sp³-hybridized carbons (Fsp3) is 0.588. The highest BCUT2D eigenvalue weighted by molar-refractivity contribution is 9.10. The molecule has 3 aliphatic rings. The molecule has 5 heteroatoms. The number of amidine groups is 1. The van der Waals surface area contributed by atoms with Crippen LogP contribution in [0.3, 0.4) is 0 Å². The van der Waals surface area contributed by atoms with Crippen molar-refractivity contribution in [2.45, 2.75) is 31.7 Å². The van der Waals surface area contributed by atoms with Gasteiger partial charge in [0.05, 0.1) is 0 Å². The quantitative estimate of drug-likeness (QED) is 0.833. The molecule has 0 aromatic heterocycles. The van der Waals surface area contributed by atoms with Crippen LogP contribution < -0.4 is 5.73 Å². The van der Waals surface area contributed by atoms with E-state index in [0.29, 0.717) is 18.5 Å². The van der Waals surface area contributed by atoms with E-state index < -0.39 is 0 Å². The average Bonchev–Trinajstić information content (AvgIpc) is 3.03. The second-order valence-electron chi connectivity index (χ2n) is 6.99. The largest absolute Gasteiger partial charge is 0.462 e. The standard InChI is InChI=1S/C17H21BrN2O2/c1-16(4-6-21-7-5-16)14-8-11-2-3-12(18)9-13(11)17(14)10-22-15(19)20-17/h2-3,9,14H,4-8,10H2,1H3,(H2,19,20). The molecular weight excluding hydrogens is 344 g/mol. The smallest absolute Gasteiger partial charge is 0.283 e. The van der Waals surface area contributed by atoms with Gasteiger partial charge in [-0.25, -0.2) is 4.99 Å². The second-order valence-corrected chi connectivity index (χ2v) is 7.90. The van der Waals surface area contributed by atoms with E-state index >= 15 is 0 Å². The zero-order valence-electron chi connectivity index (χ0n) is 12.8. The van der Waals surface area contributed by atoms with E-state index in [2.05, 4.69) is 41.1 Å². The molecule has 1 aromatic carbocycles. The van der Waals surface area contributed by atoms with Crippen LogP contribution in [0.4, 0.5) is 0 Å². The van der Waals surface area contributed by atoms with Crippen molar-refractivity contribution >= 4 is 22.0 Å². The van der Waals surface area contributed by atoms with Gasteiger partial charge in [0.2, 0.25) is 0 Å².